The number of hydrogen-bond acceptors (Lipinski definition) is 6. The van der Waals surface area contributed by atoms with Crippen LogP contribution in [0, 0.1) is 5.92 Å². The maximum absolute atomic E-state index is 12.6. The summed E-state index contributed by atoms with van der Waals surface area (Å²) in [5.74, 6) is 1.50. The molecule has 0 bridgehead atoms. The molecule has 2 amide bonds. The van der Waals surface area contributed by atoms with E-state index in [-0.39, 0.29) is 24.1 Å². The average Bonchev–Trinajstić information content (AvgIpc) is 3.04. The van der Waals surface area contributed by atoms with Crippen molar-refractivity contribution in [3.8, 4) is 11.5 Å². The van der Waals surface area contributed by atoms with Crippen LogP contribution in [0.2, 0.25) is 0 Å². The van der Waals surface area contributed by atoms with Gasteiger partial charge in [-0.3, -0.25) is 4.79 Å². The third kappa shape index (κ3) is 3.34. The highest BCUT2D eigenvalue weighted by Crippen LogP contribution is 2.48. The Hall–Kier alpha value is -1.96. The summed E-state index contributed by atoms with van der Waals surface area (Å²) in [6.45, 7) is 6.96. The molecule has 3 heterocycles. The fraction of sp³-hybridized carbons (Fsp3) is 0.667. The van der Waals surface area contributed by atoms with Gasteiger partial charge in [-0.05, 0) is 39.5 Å². The zero-order chi connectivity index (χ0) is 18.5. The SMILES string of the molecule is CC(C)(C)OC(=O)N1[C@H](CNC(=O)c2scc3c2OCCO3)C[C@@H]2C[C@@H]21. The number of likely N-dealkylation sites (tertiary alicyclic amines) is 1. The highest BCUT2D eigenvalue weighted by atomic mass is 32.1. The Labute approximate surface area is 156 Å². The van der Waals surface area contributed by atoms with Gasteiger partial charge in [-0.1, -0.05) is 0 Å². The van der Waals surface area contributed by atoms with E-state index in [1.165, 1.54) is 11.3 Å². The van der Waals surface area contributed by atoms with E-state index in [0.717, 1.165) is 12.8 Å². The Morgan fingerprint density at radius 2 is 2.08 bits per heavy atom. The molecule has 1 aromatic heterocycles. The first-order valence-corrected chi connectivity index (χ1v) is 9.88. The molecule has 3 aliphatic rings. The smallest absolute Gasteiger partial charge is 0.410 e. The third-order valence-corrected chi connectivity index (χ3v) is 5.76. The summed E-state index contributed by atoms with van der Waals surface area (Å²) < 4.78 is 16.6. The highest BCUT2D eigenvalue weighted by molar-refractivity contribution is 7.12. The summed E-state index contributed by atoms with van der Waals surface area (Å²) in [5.41, 5.74) is -0.523. The molecule has 2 fully saturated rings. The Balaban J connectivity index is 1.38. The summed E-state index contributed by atoms with van der Waals surface area (Å²) in [5, 5.41) is 4.75. The minimum atomic E-state index is -0.523. The molecule has 1 aliphatic carbocycles. The van der Waals surface area contributed by atoms with Crippen LogP contribution >= 0.6 is 11.3 Å². The second-order valence-corrected chi connectivity index (χ2v) is 8.89. The number of thiophene rings is 1. The van der Waals surface area contributed by atoms with Gasteiger partial charge in [0.2, 0.25) is 0 Å². The predicted octanol–water partition coefficient (Wildman–Crippen LogP) is 2.65. The molecule has 1 aromatic rings. The van der Waals surface area contributed by atoms with Crippen molar-refractivity contribution < 1.29 is 23.8 Å². The van der Waals surface area contributed by atoms with Crippen molar-refractivity contribution >= 4 is 23.3 Å². The molecule has 4 rings (SSSR count). The number of nitrogens with one attached hydrogen (secondary N) is 1. The van der Waals surface area contributed by atoms with Gasteiger partial charge in [0, 0.05) is 18.0 Å². The molecule has 0 aromatic carbocycles. The fourth-order valence-corrected chi connectivity index (χ4v) is 4.50. The van der Waals surface area contributed by atoms with Crippen molar-refractivity contribution in [1.29, 1.82) is 0 Å². The zero-order valence-electron chi connectivity index (χ0n) is 15.2. The summed E-state index contributed by atoms with van der Waals surface area (Å²) in [4.78, 5) is 27.4. The Morgan fingerprint density at radius 3 is 2.85 bits per heavy atom. The zero-order valence-corrected chi connectivity index (χ0v) is 16.1. The van der Waals surface area contributed by atoms with Gasteiger partial charge in [0.25, 0.3) is 5.91 Å². The molecular weight excluding hydrogens is 356 g/mol. The number of amides is 2. The van der Waals surface area contributed by atoms with E-state index in [2.05, 4.69) is 5.32 Å². The van der Waals surface area contributed by atoms with Crippen LogP contribution in [0.3, 0.4) is 0 Å². The van der Waals surface area contributed by atoms with Crippen LogP contribution in [0.5, 0.6) is 11.5 Å². The van der Waals surface area contributed by atoms with Crippen LogP contribution < -0.4 is 14.8 Å². The molecule has 7 nitrogen and oxygen atoms in total. The third-order valence-electron chi connectivity index (χ3n) is 4.82. The molecule has 0 spiro atoms. The Bertz CT molecular complexity index is 726. The van der Waals surface area contributed by atoms with Gasteiger partial charge in [-0.15, -0.1) is 11.3 Å². The van der Waals surface area contributed by atoms with E-state index in [1.807, 2.05) is 25.7 Å². The van der Waals surface area contributed by atoms with Crippen LogP contribution in [-0.2, 0) is 4.74 Å². The Kier molecular flexibility index (Phi) is 4.25. The second-order valence-electron chi connectivity index (χ2n) is 8.01. The molecule has 1 saturated heterocycles. The van der Waals surface area contributed by atoms with Gasteiger partial charge in [0.15, 0.2) is 11.5 Å². The van der Waals surface area contributed by atoms with E-state index in [9.17, 15) is 9.59 Å². The van der Waals surface area contributed by atoms with Gasteiger partial charge in [-0.2, -0.15) is 0 Å². The monoisotopic (exact) mass is 380 g/mol. The lowest BCUT2D eigenvalue weighted by atomic mass is 10.1. The summed E-state index contributed by atoms with van der Waals surface area (Å²) >= 11 is 1.31. The maximum Gasteiger partial charge on any atom is 0.410 e. The number of fused-ring (bicyclic) bond motifs is 2. The van der Waals surface area contributed by atoms with Crippen molar-refractivity contribution in [1.82, 2.24) is 10.2 Å². The van der Waals surface area contributed by atoms with E-state index in [1.54, 1.807) is 5.38 Å². The van der Waals surface area contributed by atoms with Crippen molar-refractivity contribution in [3.63, 3.8) is 0 Å². The molecule has 26 heavy (non-hydrogen) atoms. The number of carbonyl (C=O) groups excluding carboxylic acids is 2. The second kappa shape index (κ2) is 6.33. The van der Waals surface area contributed by atoms with Crippen LogP contribution in [0.4, 0.5) is 4.79 Å². The largest absolute Gasteiger partial charge is 0.485 e. The number of hydrogen-bond donors (Lipinski definition) is 1. The molecule has 1 N–H and O–H groups in total. The van der Waals surface area contributed by atoms with Gasteiger partial charge in [0.05, 0.1) is 6.04 Å². The van der Waals surface area contributed by atoms with E-state index in [0.29, 0.717) is 42.1 Å². The summed E-state index contributed by atoms with van der Waals surface area (Å²) in [6, 6.07) is 0.239. The molecule has 8 heteroatoms. The molecule has 1 saturated carbocycles. The van der Waals surface area contributed by atoms with Crippen molar-refractivity contribution in [2.75, 3.05) is 19.8 Å². The molecule has 3 atom stereocenters. The number of piperidine rings is 1. The van der Waals surface area contributed by atoms with Gasteiger partial charge < -0.3 is 24.4 Å². The van der Waals surface area contributed by atoms with Crippen LogP contribution in [0.15, 0.2) is 5.38 Å². The predicted molar refractivity (Wildman–Crippen MR) is 96.0 cm³/mol. The first-order valence-electron chi connectivity index (χ1n) is 9.00. The van der Waals surface area contributed by atoms with Gasteiger partial charge in [0.1, 0.15) is 23.7 Å². The minimum Gasteiger partial charge on any atom is -0.485 e. The number of carbonyl (C=O) groups is 2. The molecule has 142 valence electrons. The normalized spacial score (nSPS) is 26.3. The lowest BCUT2D eigenvalue weighted by Gasteiger charge is -2.30. The number of rotatable bonds is 3. The summed E-state index contributed by atoms with van der Waals surface area (Å²) in [7, 11) is 0. The van der Waals surface area contributed by atoms with Crippen molar-refractivity contribution in [3.05, 3.63) is 10.3 Å². The van der Waals surface area contributed by atoms with E-state index >= 15 is 0 Å². The van der Waals surface area contributed by atoms with Crippen molar-refractivity contribution in [2.45, 2.75) is 51.3 Å². The first-order chi connectivity index (χ1) is 12.3. The molecule has 0 unspecified atom stereocenters. The topological polar surface area (TPSA) is 77.1 Å². The number of nitrogens with zero attached hydrogens (tertiary/aromatic N) is 1. The average molecular weight is 380 g/mol. The first kappa shape index (κ1) is 17.5. The van der Waals surface area contributed by atoms with E-state index < -0.39 is 5.60 Å². The van der Waals surface area contributed by atoms with Gasteiger partial charge >= 0.3 is 6.09 Å². The van der Waals surface area contributed by atoms with Crippen LogP contribution in [0.1, 0.15) is 43.3 Å². The maximum atomic E-state index is 12.6. The molecule has 0 radical (unpaired) electrons. The quantitative estimate of drug-likeness (QED) is 0.872. The summed E-state index contributed by atoms with van der Waals surface area (Å²) in [6.07, 6.45) is 1.66. The number of ether oxygens (including phenoxy) is 3. The fourth-order valence-electron chi connectivity index (χ4n) is 3.65. The standard InChI is InChI=1S/C18H24N2O5S/c1-18(2,3)25-17(22)20-11(6-10-7-12(10)20)8-19-16(21)15-14-13(9-26-15)23-4-5-24-14/h9-12H,4-8H2,1-3H3,(H,19,21)/t10-,11+,12+/m1/s1. The van der Waals surface area contributed by atoms with Gasteiger partial charge in [-0.25, -0.2) is 4.79 Å². The lowest BCUT2D eigenvalue weighted by molar-refractivity contribution is 0.0183. The lowest BCUT2D eigenvalue weighted by Crippen LogP contribution is -2.47. The molecular formula is C18H24N2O5S. The van der Waals surface area contributed by atoms with E-state index in [4.69, 9.17) is 14.2 Å². The Morgan fingerprint density at radius 1 is 1.31 bits per heavy atom. The highest BCUT2D eigenvalue weighted by Gasteiger charge is 2.54. The van der Waals surface area contributed by atoms with Crippen LogP contribution in [-0.4, -0.2) is 54.3 Å². The van der Waals surface area contributed by atoms with Crippen LogP contribution in [0.25, 0.3) is 0 Å². The van der Waals surface area contributed by atoms with Crippen molar-refractivity contribution in [2.24, 2.45) is 5.92 Å². The minimum absolute atomic E-state index is 0.0227. The molecule has 2 aliphatic heterocycles.